The Labute approximate surface area is 153 Å². The van der Waals surface area contributed by atoms with E-state index in [1.165, 1.54) is 12.8 Å². The highest BCUT2D eigenvalue weighted by Gasteiger charge is 2.25. The van der Waals surface area contributed by atoms with Crippen LogP contribution < -0.4 is 10.2 Å². The first-order valence-corrected chi connectivity index (χ1v) is 9.01. The average Bonchev–Trinajstić information content (AvgIpc) is 3.18. The quantitative estimate of drug-likeness (QED) is 0.740. The Morgan fingerprint density at radius 3 is 2.65 bits per heavy atom. The molecule has 2 aromatic heterocycles. The van der Waals surface area contributed by atoms with Crippen LogP contribution in [0.5, 0.6) is 0 Å². The van der Waals surface area contributed by atoms with Crippen molar-refractivity contribution in [3.8, 4) is 11.4 Å². The molecular weight excluding hydrogens is 324 g/mol. The molecule has 0 aliphatic carbocycles. The van der Waals surface area contributed by atoms with Gasteiger partial charge in [-0.15, -0.1) is 5.10 Å². The van der Waals surface area contributed by atoms with Crippen molar-refractivity contribution in [2.75, 3.05) is 18.0 Å². The van der Waals surface area contributed by atoms with Gasteiger partial charge in [0.25, 0.3) is 0 Å². The molecule has 1 aliphatic rings. The van der Waals surface area contributed by atoms with Crippen LogP contribution in [0.25, 0.3) is 11.4 Å². The van der Waals surface area contributed by atoms with E-state index in [0.29, 0.717) is 6.04 Å². The van der Waals surface area contributed by atoms with Crippen LogP contribution in [0.1, 0.15) is 18.4 Å². The summed E-state index contributed by atoms with van der Waals surface area (Å²) in [4.78, 5) is 11.3. The van der Waals surface area contributed by atoms with E-state index < -0.39 is 0 Å². The molecule has 0 radical (unpaired) electrons. The van der Waals surface area contributed by atoms with Gasteiger partial charge in [0, 0.05) is 55.4 Å². The largest absolute Gasteiger partial charge is 0.351 e. The van der Waals surface area contributed by atoms with Gasteiger partial charge in [0.05, 0.1) is 0 Å². The van der Waals surface area contributed by atoms with Crippen LogP contribution in [0.3, 0.4) is 0 Å². The van der Waals surface area contributed by atoms with Crippen molar-refractivity contribution in [2.45, 2.75) is 25.4 Å². The minimum Gasteiger partial charge on any atom is -0.351 e. The van der Waals surface area contributed by atoms with E-state index in [9.17, 15) is 0 Å². The zero-order chi connectivity index (χ0) is 17.6. The zero-order valence-corrected chi connectivity index (χ0v) is 14.6. The Morgan fingerprint density at radius 2 is 1.88 bits per heavy atom. The first kappa shape index (κ1) is 16.6. The van der Waals surface area contributed by atoms with Crippen molar-refractivity contribution < 1.29 is 0 Å². The van der Waals surface area contributed by atoms with E-state index in [1.807, 2.05) is 54.9 Å². The predicted molar refractivity (Wildman–Crippen MR) is 102 cm³/mol. The molecule has 1 saturated heterocycles. The second-order valence-electron chi connectivity index (χ2n) is 6.48. The molecule has 6 nitrogen and oxygen atoms in total. The molecule has 1 atom stereocenters. The summed E-state index contributed by atoms with van der Waals surface area (Å²) in [7, 11) is 0. The van der Waals surface area contributed by atoms with Crippen molar-refractivity contribution in [1.82, 2.24) is 25.5 Å². The average molecular weight is 346 g/mol. The first-order valence-electron chi connectivity index (χ1n) is 9.01. The van der Waals surface area contributed by atoms with Crippen LogP contribution in [0.4, 0.5) is 5.82 Å². The molecule has 0 spiro atoms. The zero-order valence-electron chi connectivity index (χ0n) is 14.6. The molecule has 4 rings (SSSR count). The van der Waals surface area contributed by atoms with Crippen molar-refractivity contribution >= 4 is 5.82 Å². The fourth-order valence-corrected chi connectivity index (χ4v) is 3.36. The standard InChI is InChI=1S/C20H22N6/c1-2-6-17(7-3-1)20-22-13-16(14-23-20)12-21-15-18-8-5-11-26(18)19-9-4-10-24-25-19/h1-4,6-7,9-10,13-14,18,21H,5,8,11-12,15H2/t18-/m1/s1. The number of aromatic nitrogens is 4. The van der Waals surface area contributed by atoms with E-state index in [4.69, 9.17) is 0 Å². The first-order chi connectivity index (χ1) is 12.9. The van der Waals surface area contributed by atoms with Crippen molar-refractivity contribution in [1.29, 1.82) is 0 Å². The van der Waals surface area contributed by atoms with Gasteiger partial charge in [0.15, 0.2) is 11.6 Å². The third kappa shape index (κ3) is 3.86. The van der Waals surface area contributed by atoms with Crippen LogP contribution in [-0.4, -0.2) is 39.3 Å². The molecule has 1 aliphatic heterocycles. The number of anilines is 1. The molecule has 1 aromatic carbocycles. The second-order valence-corrected chi connectivity index (χ2v) is 6.48. The number of hydrogen-bond acceptors (Lipinski definition) is 6. The molecule has 1 fully saturated rings. The molecule has 0 saturated carbocycles. The van der Waals surface area contributed by atoms with Crippen molar-refractivity contribution in [3.63, 3.8) is 0 Å². The minimum absolute atomic E-state index is 0.455. The summed E-state index contributed by atoms with van der Waals surface area (Å²) in [5.41, 5.74) is 2.13. The molecule has 6 heteroatoms. The Kier molecular flexibility index (Phi) is 5.12. The van der Waals surface area contributed by atoms with Gasteiger partial charge < -0.3 is 10.2 Å². The Hall–Kier alpha value is -2.86. The SMILES string of the molecule is c1ccc(-c2ncc(CNC[C@H]3CCCN3c3cccnn3)cn2)cc1. The third-order valence-electron chi connectivity index (χ3n) is 4.68. The molecule has 0 amide bonds. The fraction of sp³-hybridized carbons (Fsp3) is 0.300. The molecule has 3 aromatic rings. The fourth-order valence-electron chi connectivity index (χ4n) is 3.36. The van der Waals surface area contributed by atoms with E-state index in [0.717, 1.165) is 42.4 Å². The van der Waals surface area contributed by atoms with Gasteiger partial charge >= 0.3 is 0 Å². The third-order valence-corrected chi connectivity index (χ3v) is 4.68. The van der Waals surface area contributed by atoms with Crippen LogP contribution in [0.15, 0.2) is 61.1 Å². The Bertz CT molecular complexity index is 807. The lowest BCUT2D eigenvalue weighted by molar-refractivity contribution is 0.568. The van der Waals surface area contributed by atoms with Crippen molar-refractivity contribution in [2.24, 2.45) is 0 Å². The molecule has 26 heavy (non-hydrogen) atoms. The van der Waals surface area contributed by atoms with E-state index in [2.05, 4.69) is 30.4 Å². The number of hydrogen-bond donors (Lipinski definition) is 1. The van der Waals surface area contributed by atoms with Gasteiger partial charge in [-0.2, -0.15) is 5.10 Å². The van der Waals surface area contributed by atoms with Crippen LogP contribution in [-0.2, 0) is 6.54 Å². The van der Waals surface area contributed by atoms with Crippen LogP contribution in [0.2, 0.25) is 0 Å². The van der Waals surface area contributed by atoms with Gasteiger partial charge in [-0.3, -0.25) is 0 Å². The van der Waals surface area contributed by atoms with E-state index in [-0.39, 0.29) is 0 Å². The van der Waals surface area contributed by atoms with E-state index in [1.54, 1.807) is 6.20 Å². The van der Waals surface area contributed by atoms with Crippen LogP contribution >= 0.6 is 0 Å². The van der Waals surface area contributed by atoms with Gasteiger partial charge in [-0.25, -0.2) is 9.97 Å². The van der Waals surface area contributed by atoms with E-state index >= 15 is 0 Å². The molecule has 132 valence electrons. The van der Waals surface area contributed by atoms with Gasteiger partial charge in [0.1, 0.15) is 0 Å². The molecular formula is C20H22N6. The molecule has 1 N–H and O–H groups in total. The highest BCUT2D eigenvalue weighted by molar-refractivity contribution is 5.53. The summed E-state index contributed by atoms with van der Waals surface area (Å²) in [5.74, 6) is 1.73. The smallest absolute Gasteiger partial charge is 0.159 e. The normalized spacial score (nSPS) is 16.8. The highest BCUT2D eigenvalue weighted by atomic mass is 15.3. The minimum atomic E-state index is 0.455. The molecule has 0 bridgehead atoms. The van der Waals surface area contributed by atoms with Crippen LogP contribution in [0, 0.1) is 0 Å². The lowest BCUT2D eigenvalue weighted by Gasteiger charge is -2.25. The Morgan fingerprint density at radius 1 is 1.04 bits per heavy atom. The summed E-state index contributed by atoms with van der Waals surface area (Å²) in [6.45, 7) is 2.72. The maximum absolute atomic E-state index is 4.48. The summed E-state index contributed by atoms with van der Waals surface area (Å²) in [5, 5.41) is 11.8. The summed E-state index contributed by atoms with van der Waals surface area (Å²) in [6, 6.07) is 14.5. The molecule has 3 heterocycles. The maximum Gasteiger partial charge on any atom is 0.159 e. The Balaban J connectivity index is 1.32. The number of nitrogens with one attached hydrogen (secondary N) is 1. The predicted octanol–water partition coefficient (Wildman–Crippen LogP) is 2.69. The highest BCUT2D eigenvalue weighted by Crippen LogP contribution is 2.22. The summed E-state index contributed by atoms with van der Waals surface area (Å²) < 4.78 is 0. The topological polar surface area (TPSA) is 66.8 Å². The molecule has 0 unspecified atom stereocenters. The lowest BCUT2D eigenvalue weighted by Crippen LogP contribution is -2.38. The van der Waals surface area contributed by atoms with Gasteiger partial charge in [0.2, 0.25) is 0 Å². The number of benzene rings is 1. The monoisotopic (exact) mass is 346 g/mol. The van der Waals surface area contributed by atoms with Gasteiger partial charge in [-0.1, -0.05) is 30.3 Å². The maximum atomic E-state index is 4.48. The van der Waals surface area contributed by atoms with Gasteiger partial charge in [-0.05, 0) is 25.0 Å². The van der Waals surface area contributed by atoms with Crippen molar-refractivity contribution in [3.05, 3.63) is 66.6 Å². The second kappa shape index (κ2) is 8.01. The number of rotatable bonds is 6. The number of nitrogens with zero attached hydrogens (tertiary/aromatic N) is 5. The summed E-state index contributed by atoms with van der Waals surface area (Å²) >= 11 is 0. The lowest BCUT2D eigenvalue weighted by atomic mass is 10.2. The summed E-state index contributed by atoms with van der Waals surface area (Å²) in [6.07, 6.45) is 7.88.